The van der Waals surface area contributed by atoms with E-state index in [1.807, 2.05) is 13.8 Å². The SMILES string of the molecule is Cc1ccc(Cc2noc(NC(C)C)n2)cc1C. The molecule has 0 saturated carbocycles. The van der Waals surface area contributed by atoms with E-state index in [-0.39, 0.29) is 0 Å². The highest BCUT2D eigenvalue weighted by Gasteiger charge is 2.08. The van der Waals surface area contributed by atoms with E-state index in [4.69, 9.17) is 4.52 Å². The number of rotatable bonds is 4. The van der Waals surface area contributed by atoms with Crippen molar-refractivity contribution in [1.29, 1.82) is 0 Å². The summed E-state index contributed by atoms with van der Waals surface area (Å²) in [6, 6.07) is 7.18. The van der Waals surface area contributed by atoms with Crippen molar-refractivity contribution in [1.82, 2.24) is 10.1 Å². The molecule has 0 aliphatic rings. The Kier molecular flexibility index (Phi) is 3.65. The minimum atomic E-state index is 0.292. The van der Waals surface area contributed by atoms with Gasteiger partial charge in [0.05, 0.1) is 0 Å². The molecule has 0 aliphatic carbocycles. The molecule has 4 nitrogen and oxygen atoms in total. The molecule has 1 aromatic heterocycles. The summed E-state index contributed by atoms with van der Waals surface area (Å²) in [7, 11) is 0. The van der Waals surface area contributed by atoms with Crippen molar-refractivity contribution >= 4 is 6.01 Å². The highest BCUT2D eigenvalue weighted by molar-refractivity contribution is 5.31. The number of aromatic nitrogens is 2. The van der Waals surface area contributed by atoms with Gasteiger partial charge in [0.1, 0.15) is 0 Å². The molecule has 0 amide bonds. The second-order valence-electron chi connectivity index (χ2n) is 4.91. The zero-order valence-electron chi connectivity index (χ0n) is 11.3. The summed E-state index contributed by atoms with van der Waals surface area (Å²) in [5, 5.41) is 7.06. The van der Waals surface area contributed by atoms with Crippen LogP contribution in [0.4, 0.5) is 6.01 Å². The molecule has 0 saturated heterocycles. The Morgan fingerprint density at radius 3 is 2.67 bits per heavy atom. The molecule has 0 aliphatic heterocycles. The number of nitrogens with one attached hydrogen (secondary N) is 1. The van der Waals surface area contributed by atoms with E-state index in [0.717, 1.165) is 0 Å². The molecule has 1 heterocycles. The predicted octanol–water partition coefficient (Wildman–Crippen LogP) is 3.10. The Morgan fingerprint density at radius 2 is 2.00 bits per heavy atom. The van der Waals surface area contributed by atoms with Gasteiger partial charge in [0.2, 0.25) is 0 Å². The first-order valence-corrected chi connectivity index (χ1v) is 6.20. The normalized spacial score (nSPS) is 10.9. The van der Waals surface area contributed by atoms with E-state index < -0.39 is 0 Å². The van der Waals surface area contributed by atoms with Gasteiger partial charge in [0.15, 0.2) is 5.82 Å². The molecule has 2 rings (SSSR count). The van der Waals surface area contributed by atoms with Crippen molar-refractivity contribution in [3.63, 3.8) is 0 Å². The van der Waals surface area contributed by atoms with Gasteiger partial charge in [-0.05, 0) is 44.4 Å². The summed E-state index contributed by atoms with van der Waals surface area (Å²) in [4.78, 5) is 4.31. The maximum absolute atomic E-state index is 5.13. The van der Waals surface area contributed by atoms with Crippen LogP contribution in [0, 0.1) is 13.8 Å². The maximum atomic E-state index is 5.13. The van der Waals surface area contributed by atoms with Gasteiger partial charge in [-0.25, -0.2) is 0 Å². The van der Waals surface area contributed by atoms with Gasteiger partial charge in [-0.15, -0.1) is 0 Å². The summed E-state index contributed by atoms with van der Waals surface area (Å²) < 4.78 is 5.13. The molecule has 96 valence electrons. The van der Waals surface area contributed by atoms with Crippen molar-refractivity contribution in [2.75, 3.05) is 5.32 Å². The molecule has 0 radical (unpaired) electrons. The van der Waals surface area contributed by atoms with Crippen molar-refractivity contribution in [2.45, 2.75) is 40.2 Å². The summed E-state index contributed by atoms with van der Waals surface area (Å²) in [5.41, 5.74) is 3.79. The fourth-order valence-electron chi connectivity index (χ4n) is 1.73. The van der Waals surface area contributed by atoms with Crippen LogP contribution in [0.25, 0.3) is 0 Å². The van der Waals surface area contributed by atoms with Crippen LogP contribution in [0.15, 0.2) is 22.7 Å². The molecule has 0 fully saturated rings. The Bertz CT molecular complexity index is 532. The number of benzene rings is 1. The summed E-state index contributed by atoms with van der Waals surface area (Å²) >= 11 is 0. The van der Waals surface area contributed by atoms with Gasteiger partial charge in [-0.3, -0.25) is 0 Å². The number of anilines is 1. The van der Waals surface area contributed by atoms with Crippen molar-refractivity contribution in [3.05, 3.63) is 40.7 Å². The quantitative estimate of drug-likeness (QED) is 0.899. The molecule has 2 aromatic rings. The standard InChI is InChI=1S/C14H19N3O/c1-9(2)15-14-16-13(17-18-14)8-12-6-5-10(3)11(4)7-12/h5-7,9H,8H2,1-4H3,(H,15,16,17). The lowest BCUT2D eigenvalue weighted by Crippen LogP contribution is -2.09. The number of aryl methyl sites for hydroxylation is 2. The van der Waals surface area contributed by atoms with E-state index in [2.05, 4.69) is 47.5 Å². The lowest BCUT2D eigenvalue weighted by molar-refractivity contribution is 0.421. The second kappa shape index (κ2) is 5.21. The molecular weight excluding hydrogens is 226 g/mol. The Hall–Kier alpha value is -1.84. The first kappa shape index (κ1) is 12.6. The lowest BCUT2D eigenvalue weighted by Gasteiger charge is -2.03. The zero-order valence-corrected chi connectivity index (χ0v) is 11.3. The second-order valence-corrected chi connectivity index (χ2v) is 4.91. The van der Waals surface area contributed by atoms with E-state index >= 15 is 0 Å². The molecule has 0 spiro atoms. The summed E-state index contributed by atoms with van der Waals surface area (Å²) in [6.45, 7) is 8.29. The fraction of sp³-hybridized carbons (Fsp3) is 0.429. The Balaban J connectivity index is 2.08. The van der Waals surface area contributed by atoms with Crippen molar-refractivity contribution < 1.29 is 4.52 Å². The van der Waals surface area contributed by atoms with Gasteiger partial charge in [0.25, 0.3) is 0 Å². The first-order valence-electron chi connectivity index (χ1n) is 6.20. The first-order chi connectivity index (χ1) is 8.54. The molecule has 1 N–H and O–H groups in total. The largest absolute Gasteiger partial charge is 0.336 e. The van der Waals surface area contributed by atoms with Crippen molar-refractivity contribution in [2.24, 2.45) is 0 Å². The van der Waals surface area contributed by atoms with Gasteiger partial charge in [-0.2, -0.15) is 4.98 Å². The monoisotopic (exact) mass is 245 g/mol. The van der Waals surface area contributed by atoms with E-state index in [1.54, 1.807) is 0 Å². The summed E-state index contributed by atoms with van der Waals surface area (Å²) in [6.07, 6.45) is 0.699. The number of nitrogens with zero attached hydrogens (tertiary/aromatic N) is 2. The van der Waals surface area contributed by atoms with Crippen LogP contribution in [-0.2, 0) is 6.42 Å². The minimum absolute atomic E-state index is 0.292. The van der Waals surface area contributed by atoms with Crippen LogP contribution in [0.1, 0.15) is 36.4 Å². The van der Waals surface area contributed by atoms with Crippen molar-refractivity contribution in [3.8, 4) is 0 Å². The molecule has 0 unspecified atom stereocenters. The Labute approximate surface area is 107 Å². The summed E-state index contributed by atoms with van der Waals surface area (Å²) in [5.74, 6) is 0.710. The van der Waals surface area contributed by atoms with Crippen LogP contribution < -0.4 is 5.32 Å². The average Bonchev–Trinajstić information content (AvgIpc) is 2.70. The van der Waals surface area contributed by atoms with E-state index in [9.17, 15) is 0 Å². The molecule has 0 bridgehead atoms. The van der Waals surface area contributed by atoms with E-state index in [1.165, 1.54) is 16.7 Å². The molecule has 1 aromatic carbocycles. The van der Waals surface area contributed by atoms with Gasteiger partial charge in [-0.1, -0.05) is 23.4 Å². The molecule has 0 atom stereocenters. The third-order valence-electron chi connectivity index (χ3n) is 2.81. The maximum Gasteiger partial charge on any atom is 0.321 e. The van der Waals surface area contributed by atoms with E-state index in [0.29, 0.717) is 24.3 Å². The third kappa shape index (κ3) is 3.09. The topological polar surface area (TPSA) is 51.0 Å². The average molecular weight is 245 g/mol. The minimum Gasteiger partial charge on any atom is -0.336 e. The number of hydrogen-bond donors (Lipinski definition) is 1. The van der Waals surface area contributed by atoms with Crippen LogP contribution in [0.2, 0.25) is 0 Å². The van der Waals surface area contributed by atoms with Crippen LogP contribution >= 0.6 is 0 Å². The molecule has 4 heteroatoms. The molecular formula is C14H19N3O. The predicted molar refractivity (Wildman–Crippen MR) is 71.8 cm³/mol. The van der Waals surface area contributed by atoms with Crippen LogP contribution in [0.3, 0.4) is 0 Å². The number of hydrogen-bond acceptors (Lipinski definition) is 4. The highest BCUT2D eigenvalue weighted by Crippen LogP contribution is 2.14. The third-order valence-corrected chi connectivity index (χ3v) is 2.81. The molecule has 18 heavy (non-hydrogen) atoms. The Morgan fingerprint density at radius 1 is 1.22 bits per heavy atom. The zero-order chi connectivity index (χ0) is 13.1. The van der Waals surface area contributed by atoms with Crippen LogP contribution in [0.5, 0.6) is 0 Å². The van der Waals surface area contributed by atoms with Gasteiger partial charge >= 0.3 is 6.01 Å². The smallest absolute Gasteiger partial charge is 0.321 e. The fourth-order valence-corrected chi connectivity index (χ4v) is 1.73. The lowest BCUT2D eigenvalue weighted by atomic mass is 10.0. The highest BCUT2D eigenvalue weighted by atomic mass is 16.5. The van der Waals surface area contributed by atoms with Crippen LogP contribution in [-0.4, -0.2) is 16.2 Å². The van der Waals surface area contributed by atoms with Gasteiger partial charge < -0.3 is 9.84 Å². The van der Waals surface area contributed by atoms with Gasteiger partial charge in [0, 0.05) is 12.5 Å².